The lowest BCUT2D eigenvalue weighted by molar-refractivity contribution is -0.132. The van der Waals surface area contributed by atoms with Crippen molar-refractivity contribution in [2.45, 2.75) is 19.4 Å². The molecule has 2 rings (SSSR count). The van der Waals surface area contributed by atoms with Crippen molar-refractivity contribution in [2.75, 3.05) is 26.8 Å². The number of ether oxygens (including phenoxy) is 1. The molecule has 0 spiro atoms. The zero-order valence-corrected chi connectivity index (χ0v) is 15.1. The maximum atomic E-state index is 12.5. The highest BCUT2D eigenvalue weighted by Gasteiger charge is 2.14. The molecule has 0 aliphatic carbocycles. The number of pyridine rings is 1. The van der Waals surface area contributed by atoms with E-state index < -0.39 is 0 Å². The van der Waals surface area contributed by atoms with Crippen molar-refractivity contribution < 1.29 is 14.3 Å². The molecule has 1 heterocycles. The number of carbonyl (C=O) groups excluding carboxylic acids is 2. The largest absolute Gasteiger partial charge is 0.383 e. The molecule has 6 heteroatoms. The third kappa shape index (κ3) is 7.03. The van der Waals surface area contributed by atoms with Crippen LogP contribution in [0.4, 0.5) is 0 Å². The summed E-state index contributed by atoms with van der Waals surface area (Å²) in [6, 6.07) is 15.1. The number of hydrogen-bond acceptors (Lipinski definition) is 4. The Morgan fingerprint density at radius 3 is 2.58 bits per heavy atom. The van der Waals surface area contributed by atoms with Crippen LogP contribution in [0.15, 0.2) is 54.7 Å². The van der Waals surface area contributed by atoms with Gasteiger partial charge in [0.2, 0.25) is 11.8 Å². The Hall–Kier alpha value is -2.73. The van der Waals surface area contributed by atoms with E-state index in [1.165, 1.54) is 0 Å². The number of hydrogen-bond donors (Lipinski definition) is 1. The fraction of sp³-hybridized carbons (Fsp3) is 0.350. The Morgan fingerprint density at radius 1 is 1.12 bits per heavy atom. The summed E-state index contributed by atoms with van der Waals surface area (Å²) in [6.07, 6.45) is 2.27. The topological polar surface area (TPSA) is 71.5 Å². The number of methoxy groups -OCH3 is 1. The van der Waals surface area contributed by atoms with E-state index in [2.05, 4.69) is 10.3 Å². The van der Waals surface area contributed by atoms with Crippen LogP contribution in [0.1, 0.15) is 17.7 Å². The molecule has 2 aromatic rings. The van der Waals surface area contributed by atoms with Gasteiger partial charge in [0.05, 0.1) is 25.3 Å². The molecule has 0 radical (unpaired) electrons. The van der Waals surface area contributed by atoms with Crippen LogP contribution in [0.2, 0.25) is 0 Å². The molecule has 138 valence electrons. The van der Waals surface area contributed by atoms with Crippen LogP contribution in [0.3, 0.4) is 0 Å². The molecule has 1 aromatic carbocycles. The summed E-state index contributed by atoms with van der Waals surface area (Å²) in [7, 11) is 1.60. The summed E-state index contributed by atoms with van der Waals surface area (Å²) in [4.78, 5) is 30.4. The van der Waals surface area contributed by atoms with E-state index in [1.54, 1.807) is 18.2 Å². The van der Waals surface area contributed by atoms with Crippen molar-refractivity contribution in [3.05, 3.63) is 66.0 Å². The molecule has 0 aliphatic heterocycles. The van der Waals surface area contributed by atoms with Gasteiger partial charge in [0.1, 0.15) is 0 Å². The number of aromatic nitrogens is 1. The standard InChI is InChI=1S/C20H25N3O3/c1-26-14-13-23(16-18-9-5-6-11-21-18)20(25)10-12-22-19(24)15-17-7-3-2-4-8-17/h2-9,11H,10,12-16H2,1H3,(H,22,24). The molecule has 2 amide bonds. The second kappa shape index (κ2) is 11.0. The lowest BCUT2D eigenvalue weighted by Gasteiger charge is -2.22. The van der Waals surface area contributed by atoms with Crippen LogP contribution in [0.25, 0.3) is 0 Å². The quantitative estimate of drug-likeness (QED) is 0.705. The van der Waals surface area contributed by atoms with E-state index in [0.29, 0.717) is 32.7 Å². The third-order valence-electron chi connectivity index (χ3n) is 3.87. The maximum absolute atomic E-state index is 12.5. The van der Waals surface area contributed by atoms with Gasteiger partial charge in [0, 0.05) is 32.8 Å². The summed E-state index contributed by atoms with van der Waals surface area (Å²) in [6.45, 7) is 1.69. The molecule has 1 N–H and O–H groups in total. The number of amides is 2. The van der Waals surface area contributed by atoms with Gasteiger partial charge in [-0.05, 0) is 17.7 Å². The normalized spacial score (nSPS) is 10.3. The van der Waals surface area contributed by atoms with E-state index in [0.717, 1.165) is 11.3 Å². The molecule has 0 aliphatic rings. The Balaban J connectivity index is 1.79. The van der Waals surface area contributed by atoms with E-state index in [1.807, 2.05) is 48.5 Å². The number of carbonyl (C=O) groups is 2. The molecular weight excluding hydrogens is 330 g/mol. The second-order valence-electron chi connectivity index (χ2n) is 5.89. The van der Waals surface area contributed by atoms with E-state index in [4.69, 9.17) is 4.74 Å². The number of rotatable bonds is 10. The molecule has 0 atom stereocenters. The average molecular weight is 355 g/mol. The minimum absolute atomic E-state index is 0.0345. The van der Waals surface area contributed by atoms with Gasteiger partial charge in [-0.1, -0.05) is 36.4 Å². The predicted octanol–water partition coefficient (Wildman–Crippen LogP) is 1.81. The van der Waals surface area contributed by atoms with Gasteiger partial charge in [-0.2, -0.15) is 0 Å². The highest BCUT2D eigenvalue weighted by Crippen LogP contribution is 2.04. The highest BCUT2D eigenvalue weighted by molar-refractivity contribution is 5.80. The van der Waals surface area contributed by atoms with Crippen LogP contribution < -0.4 is 5.32 Å². The molecular formula is C20H25N3O3. The SMILES string of the molecule is COCCN(Cc1ccccn1)C(=O)CCNC(=O)Cc1ccccc1. The monoisotopic (exact) mass is 355 g/mol. The summed E-state index contributed by atoms with van der Waals surface area (Å²) < 4.78 is 5.09. The van der Waals surface area contributed by atoms with Crippen LogP contribution in [-0.2, 0) is 27.3 Å². The summed E-state index contributed by atoms with van der Waals surface area (Å²) in [5.74, 6) is -0.120. The van der Waals surface area contributed by atoms with Crippen molar-refractivity contribution in [3.8, 4) is 0 Å². The van der Waals surface area contributed by atoms with Gasteiger partial charge in [-0.15, -0.1) is 0 Å². The van der Waals surface area contributed by atoms with Gasteiger partial charge < -0.3 is 15.0 Å². The first-order valence-corrected chi connectivity index (χ1v) is 8.66. The van der Waals surface area contributed by atoms with Crippen LogP contribution >= 0.6 is 0 Å². The van der Waals surface area contributed by atoms with E-state index >= 15 is 0 Å². The van der Waals surface area contributed by atoms with Gasteiger partial charge in [-0.3, -0.25) is 14.6 Å². The minimum Gasteiger partial charge on any atom is -0.383 e. The maximum Gasteiger partial charge on any atom is 0.224 e. The van der Waals surface area contributed by atoms with E-state index in [9.17, 15) is 9.59 Å². The van der Waals surface area contributed by atoms with Gasteiger partial charge in [-0.25, -0.2) is 0 Å². The molecule has 0 bridgehead atoms. The lowest BCUT2D eigenvalue weighted by Crippen LogP contribution is -2.36. The molecule has 0 fully saturated rings. The van der Waals surface area contributed by atoms with Crippen molar-refractivity contribution in [2.24, 2.45) is 0 Å². The highest BCUT2D eigenvalue weighted by atomic mass is 16.5. The molecule has 0 saturated carbocycles. The van der Waals surface area contributed by atoms with Gasteiger partial charge >= 0.3 is 0 Å². The average Bonchev–Trinajstić information content (AvgIpc) is 2.66. The van der Waals surface area contributed by atoms with Crippen molar-refractivity contribution in [1.82, 2.24) is 15.2 Å². The summed E-state index contributed by atoms with van der Waals surface area (Å²) in [5.41, 5.74) is 1.78. The van der Waals surface area contributed by atoms with Crippen molar-refractivity contribution in [1.29, 1.82) is 0 Å². The number of nitrogens with one attached hydrogen (secondary N) is 1. The van der Waals surface area contributed by atoms with Gasteiger partial charge in [0.15, 0.2) is 0 Å². The molecule has 0 saturated heterocycles. The van der Waals surface area contributed by atoms with Crippen molar-refractivity contribution >= 4 is 11.8 Å². The summed E-state index contributed by atoms with van der Waals surface area (Å²) >= 11 is 0. The number of benzene rings is 1. The predicted molar refractivity (Wildman–Crippen MR) is 99.3 cm³/mol. The fourth-order valence-electron chi connectivity index (χ4n) is 2.49. The van der Waals surface area contributed by atoms with Crippen molar-refractivity contribution in [3.63, 3.8) is 0 Å². The lowest BCUT2D eigenvalue weighted by atomic mass is 10.1. The van der Waals surface area contributed by atoms with Crippen LogP contribution in [0.5, 0.6) is 0 Å². The molecule has 1 aromatic heterocycles. The molecule has 6 nitrogen and oxygen atoms in total. The number of nitrogens with zero attached hydrogens (tertiary/aromatic N) is 2. The molecule has 26 heavy (non-hydrogen) atoms. The summed E-state index contributed by atoms with van der Waals surface area (Å²) in [5, 5.41) is 2.80. The Labute approximate surface area is 154 Å². The van der Waals surface area contributed by atoms with Crippen LogP contribution in [-0.4, -0.2) is 48.5 Å². The first-order chi connectivity index (χ1) is 12.7. The van der Waals surface area contributed by atoms with Gasteiger partial charge in [0.25, 0.3) is 0 Å². The second-order valence-corrected chi connectivity index (χ2v) is 5.89. The zero-order valence-electron chi connectivity index (χ0n) is 15.1. The smallest absolute Gasteiger partial charge is 0.224 e. The first kappa shape index (κ1) is 19.6. The fourth-order valence-corrected chi connectivity index (χ4v) is 2.49. The third-order valence-corrected chi connectivity index (χ3v) is 3.87. The first-order valence-electron chi connectivity index (χ1n) is 8.66. The van der Waals surface area contributed by atoms with Crippen LogP contribution in [0, 0.1) is 0 Å². The Kier molecular flexibility index (Phi) is 8.29. The Morgan fingerprint density at radius 2 is 1.88 bits per heavy atom. The Bertz CT molecular complexity index is 677. The molecule has 0 unspecified atom stereocenters. The zero-order chi connectivity index (χ0) is 18.6. The minimum atomic E-state index is -0.0860. The van der Waals surface area contributed by atoms with E-state index in [-0.39, 0.29) is 18.2 Å².